The minimum absolute atomic E-state index is 0.0646. The van der Waals surface area contributed by atoms with Crippen LogP contribution in [0.2, 0.25) is 0 Å². The molecule has 2 saturated heterocycles. The van der Waals surface area contributed by atoms with E-state index >= 15 is 0 Å². The number of aromatic nitrogens is 2. The fourth-order valence-corrected chi connectivity index (χ4v) is 5.53. The molecule has 8 nitrogen and oxygen atoms in total. The first-order chi connectivity index (χ1) is 19.5. The molecule has 2 aliphatic heterocycles. The lowest BCUT2D eigenvalue weighted by atomic mass is 9.76. The number of nitrogens with one attached hydrogen (secondary N) is 1. The third-order valence-corrected chi connectivity index (χ3v) is 7.69. The van der Waals surface area contributed by atoms with Crippen molar-refractivity contribution in [2.24, 2.45) is 5.41 Å². The van der Waals surface area contributed by atoms with Crippen LogP contribution in [0.3, 0.4) is 0 Å². The zero-order valence-electron chi connectivity index (χ0n) is 22.5. The van der Waals surface area contributed by atoms with E-state index < -0.39 is 18.1 Å². The van der Waals surface area contributed by atoms with E-state index in [0.717, 1.165) is 12.8 Å². The minimum atomic E-state index is -4.75. The maximum atomic E-state index is 14.1. The molecular weight excluding hydrogens is 542 g/mol. The molecular formula is C29H31F4N5O3. The molecule has 0 radical (unpaired) electrons. The molecule has 3 aromatic rings. The Labute approximate surface area is 234 Å². The average molecular weight is 574 g/mol. The Morgan fingerprint density at radius 2 is 1.85 bits per heavy atom. The second-order valence-electron chi connectivity index (χ2n) is 10.5. The van der Waals surface area contributed by atoms with Crippen molar-refractivity contribution in [2.75, 3.05) is 36.9 Å². The molecule has 0 saturated carbocycles. The van der Waals surface area contributed by atoms with E-state index in [9.17, 15) is 22.4 Å². The molecule has 2 aromatic carbocycles. The van der Waals surface area contributed by atoms with Crippen molar-refractivity contribution < 1.29 is 31.8 Å². The lowest BCUT2D eigenvalue weighted by Crippen LogP contribution is -2.41. The molecule has 12 heteroatoms. The van der Waals surface area contributed by atoms with Gasteiger partial charge in [-0.3, -0.25) is 4.79 Å². The van der Waals surface area contributed by atoms with Crippen molar-refractivity contribution >= 4 is 17.7 Å². The van der Waals surface area contributed by atoms with Crippen LogP contribution in [0, 0.1) is 11.2 Å². The van der Waals surface area contributed by atoms with Crippen molar-refractivity contribution in [3.05, 3.63) is 66.0 Å². The number of benzene rings is 2. The van der Waals surface area contributed by atoms with Gasteiger partial charge < -0.3 is 25.4 Å². The highest BCUT2D eigenvalue weighted by Crippen LogP contribution is 2.41. The number of alkyl halides is 3. The van der Waals surface area contributed by atoms with E-state index in [1.807, 2.05) is 4.90 Å². The topological polar surface area (TPSA) is 103 Å². The molecule has 218 valence electrons. The van der Waals surface area contributed by atoms with E-state index in [4.69, 9.17) is 15.2 Å². The number of esters is 1. The summed E-state index contributed by atoms with van der Waals surface area (Å²) in [5, 5.41) is 3.26. The Morgan fingerprint density at radius 3 is 2.51 bits per heavy atom. The van der Waals surface area contributed by atoms with E-state index in [1.165, 1.54) is 48.5 Å². The van der Waals surface area contributed by atoms with Gasteiger partial charge in [0.2, 0.25) is 17.9 Å². The Bertz CT molecular complexity index is 1380. The molecule has 0 amide bonds. The molecule has 0 aliphatic carbocycles. The van der Waals surface area contributed by atoms with Gasteiger partial charge in [-0.05, 0) is 54.9 Å². The second kappa shape index (κ2) is 11.5. The maximum Gasteiger partial charge on any atom is 0.429 e. The number of halogens is 4. The first kappa shape index (κ1) is 28.6. The van der Waals surface area contributed by atoms with E-state index in [2.05, 4.69) is 15.3 Å². The predicted molar refractivity (Wildman–Crippen MR) is 145 cm³/mol. The van der Waals surface area contributed by atoms with Crippen molar-refractivity contribution in [1.82, 2.24) is 15.3 Å². The summed E-state index contributed by atoms with van der Waals surface area (Å²) >= 11 is 0. The summed E-state index contributed by atoms with van der Waals surface area (Å²) in [4.78, 5) is 22.2. The first-order valence-corrected chi connectivity index (χ1v) is 13.4. The fourth-order valence-electron chi connectivity index (χ4n) is 5.53. The van der Waals surface area contributed by atoms with Gasteiger partial charge in [-0.15, -0.1) is 0 Å². The Hall–Kier alpha value is -3.93. The lowest BCUT2D eigenvalue weighted by molar-refractivity contribution is -0.198. The number of hydrogen-bond donors (Lipinski definition) is 2. The SMILES string of the molecule is CCOC(=O)C1CC2(CCN(c3cc(O[C@H](c4ccc(-c5cccc(F)c5)cc4)C(F)(F)F)nc(N)n3)CC2)CN1. The van der Waals surface area contributed by atoms with Crippen molar-refractivity contribution in [3.8, 4) is 17.0 Å². The molecule has 41 heavy (non-hydrogen) atoms. The number of carbonyl (C=O) groups excluding carboxylic acids is 1. The summed E-state index contributed by atoms with van der Waals surface area (Å²) < 4.78 is 66.5. The summed E-state index contributed by atoms with van der Waals surface area (Å²) in [5.41, 5.74) is 6.79. The van der Waals surface area contributed by atoms with Gasteiger partial charge in [0, 0.05) is 31.3 Å². The number of carbonyl (C=O) groups is 1. The summed E-state index contributed by atoms with van der Waals surface area (Å²) in [5.74, 6) is -0.818. The van der Waals surface area contributed by atoms with Gasteiger partial charge >= 0.3 is 12.1 Å². The Kier molecular flexibility index (Phi) is 8.03. The highest BCUT2D eigenvalue weighted by Gasteiger charge is 2.45. The third-order valence-electron chi connectivity index (χ3n) is 7.69. The van der Waals surface area contributed by atoms with Crippen LogP contribution >= 0.6 is 0 Å². The number of nitrogen functional groups attached to an aromatic ring is 1. The Balaban J connectivity index is 1.29. The quantitative estimate of drug-likeness (QED) is 0.299. The molecule has 1 spiro atoms. The van der Waals surface area contributed by atoms with Crippen LogP contribution in [0.15, 0.2) is 54.6 Å². The van der Waals surface area contributed by atoms with Gasteiger partial charge in [0.05, 0.1) is 6.61 Å². The fraction of sp³-hybridized carbons (Fsp3) is 0.414. The molecule has 1 unspecified atom stereocenters. The standard InChI is InChI=1S/C29H31F4N5O3/c1-2-40-26(39)22-16-28(17-35-22)10-12-38(13-11-28)23-15-24(37-27(34)36-23)41-25(29(31,32)33)19-8-6-18(7-9-19)20-4-3-5-21(30)14-20/h3-9,14-15,22,25,35H,2,10-13,16-17H2,1H3,(H2,34,36,37)/t22?,25-/m1/s1. The second-order valence-corrected chi connectivity index (χ2v) is 10.5. The number of rotatable bonds is 7. The van der Waals surface area contributed by atoms with Gasteiger partial charge in [-0.2, -0.15) is 23.1 Å². The smallest absolute Gasteiger partial charge is 0.429 e. The van der Waals surface area contributed by atoms with Crippen molar-refractivity contribution in [2.45, 2.75) is 44.5 Å². The monoisotopic (exact) mass is 573 g/mol. The minimum Gasteiger partial charge on any atom is -0.465 e. The molecule has 5 rings (SSSR count). The lowest BCUT2D eigenvalue weighted by Gasteiger charge is -2.39. The molecule has 3 heterocycles. The van der Waals surface area contributed by atoms with Crippen molar-refractivity contribution in [3.63, 3.8) is 0 Å². The van der Waals surface area contributed by atoms with Crippen LogP contribution in [-0.2, 0) is 9.53 Å². The summed E-state index contributed by atoms with van der Waals surface area (Å²) in [6.07, 6.45) is -4.86. The number of ether oxygens (including phenoxy) is 2. The Morgan fingerprint density at radius 1 is 1.12 bits per heavy atom. The molecule has 3 N–H and O–H groups in total. The molecule has 2 fully saturated rings. The third kappa shape index (κ3) is 6.53. The van der Waals surface area contributed by atoms with Crippen LogP contribution in [0.1, 0.15) is 37.9 Å². The zero-order chi connectivity index (χ0) is 29.2. The summed E-state index contributed by atoms with van der Waals surface area (Å²) in [7, 11) is 0. The number of piperidine rings is 1. The number of hydrogen-bond acceptors (Lipinski definition) is 8. The average Bonchev–Trinajstić information content (AvgIpc) is 3.35. The predicted octanol–water partition coefficient (Wildman–Crippen LogP) is 5.06. The highest BCUT2D eigenvalue weighted by molar-refractivity contribution is 5.76. The number of anilines is 2. The van der Waals surface area contributed by atoms with Gasteiger partial charge in [0.1, 0.15) is 17.7 Å². The summed E-state index contributed by atoms with van der Waals surface area (Å²) in [6, 6.07) is 12.4. The van der Waals surface area contributed by atoms with Crippen LogP contribution in [0.5, 0.6) is 5.88 Å². The van der Waals surface area contributed by atoms with E-state index in [1.54, 1.807) is 13.0 Å². The van der Waals surface area contributed by atoms with Crippen molar-refractivity contribution in [1.29, 1.82) is 0 Å². The van der Waals surface area contributed by atoms with Gasteiger partial charge in [-0.1, -0.05) is 36.4 Å². The van der Waals surface area contributed by atoms with Crippen LogP contribution in [0.25, 0.3) is 11.1 Å². The van der Waals surface area contributed by atoms with Gasteiger partial charge in [0.25, 0.3) is 0 Å². The largest absolute Gasteiger partial charge is 0.465 e. The maximum absolute atomic E-state index is 14.1. The summed E-state index contributed by atoms with van der Waals surface area (Å²) in [6.45, 7) is 3.95. The van der Waals surface area contributed by atoms with Gasteiger partial charge in [-0.25, -0.2) is 4.39 Å². The normalized spacial score (nSPS) is 19.2. The highest BCUT2D eigenvalue weighted by atomic mass is 19.4. The molecule has 1 aromatic heterocycles. The molecule has 2 aliphatic rings. The molecule has 2 atom stereocenters. The van der Waals surface area contributed by atoms with Crippen LogP contribution in [-0.4, -0.2) is 54.4 Å². The molecule has 0 bridgehead atoms. The number of nitrogens with zero attached hydrogens (tertiary/aromatic N) is 3. The zero-order valence-corrected chi connectivity index (χ0v) is 22.5. The van der Waals surface area contributed by atoms with E-state index in [-0.39, 0.29) is 34.8 Å². The van der Waals surface area contributed by atoms with Gasteiger partial charge in [0.15, 0.2) is 0 Å². The van der Waals surface area contributed by atoms with E-state index in [0.29, 0.717) is 49.6 Å². The van der Waals surface area contributed by atoms with Crippen LogP contribution < -0.4 is 20.7 Å². The van der Waals surface area contributed by atoms with Crippen LogP contribution in [0.4, 0.5) is 29.3 Å². The first-order valence-electron chi connectivity index (χ1n) is 13.4. The number of nitrogens with two attached hydrogens (primary N) is 1.